The third-order valence-corrected chi connectivity index (χ3v) is 12.1. The molecular weight excluding hydrogens is 830 g/mol. The molecule has 2 aliphatic rings. The number of phosphoric acid groups is 1. The fourth-order valence-electron chi connectivity index (χ4n) is 6.76. The van der Waals surface area contributed by atoms with Crippen molar-refractivity contribution in [3.63, 3.8) is 0 Å². The lowest BCUT2D eigenvalue weighted by atomic mass is 9.93. The number of ether oxygens (including phenoxy) is 4. The average molecular weight is 894 g/mol. The Morgan fingerprint density at radius 2 is 1.13 bits per heavy atom. The van der Waals surface area contributed by atoms with Gasteiger partial charge in [0.2, 0.25) is 11.6 Å². The predicted octanol–water partition coefficient (Wildman–Crippen LogP) is 13.6. The van der Waals surface area contributed by atoms with Crippen LogP contribution in [0.3, 0.4) is 0 Å². The number of rotatable bonds is 26. The largest absolute Gasteiger partial charge is 0.475 e. The molecular formula is C46H63Cl2O11P. The SMILES string of the molecule is CCCCCCCC/C=C\CCCCCCCCOP(=O)(OCCC=C(c1cc(Cl)c2c(c1)C(=O)OC(C)(C)O2)c1cc(Cl)c2c(c1)C(=O)OC(C)(C)O2)OC(C)C(C)=O. The smallest absolute Gasteiger partial charge is 0.450 e. The van der Waals surface area contributed by atoms with Gasteiger partial charge in [0.1, 0.15) is 17.2 Å². The third-order valence-electron chi connectivity index (χ3n) is 10.0. The molecule has 0 aliphatic carbocycles. The number of cyclic esters (lactones) is 2. The molecule has 0 spiro atoms. The first kappa shape index (κ1) is 49.5. The van der Waals surface area contributed by atoms with Crippen molar-refractivity contribution in [1.82, 2.24) is 0 Å². The summed E-state index contributed by atoms with van der Waals surface area (Å²) in [7, 11) is -4.17. The third kappa shape index (κ3) is 15.3. The summed E-state index contributed by atoms with van der Waals surface area (Å²) in [6.07, 6.45) is 21.7. The number of Topliss-reactive ketones (excluding diaryl/α,β-unsaturated/α-hetero) is 1. The minimum absolute atomic E-state index is 0.100. The first-order valence-corrected chi connectivity index (χ1v) is 23.6. The molecule has 0 N–H and O–H groups in total. The maximum absolute atomic E-state index is 13.8. The van der Waals surface area contributed by atoms with E-state index >= 15 is 0 Å². The number of hydrogen-bond donors (Lipinski definition) is 0. The number of unbranched alkanes of at least 4 members (excludes halogenated alkanes) is 12. The van der Waals surface area contributed by atoms with Gasteiger partial charge in [-0.1, -0.05) is 106 Å². The molecule has 14 heteroatoms. The minimum Gasteiger partial charge on any atom is -0.450 e. The summed E-state index contributed by atoms with van der Waals surface area (Å²) in [5, 5.41) is 0.303. The molecule has 0 saturated carbocycles. The van der Waals surface area contributed by atoms with Gasteiger partial charge in [-0.05, 0) is 93.3 Å². The number of halogens is 2. The summed E-state index contributed by atoms with van der Waals surface area (Å²) in [6.45, 7) is 11.5. The summed E-state index contributed by atoms with van der Waals surface area (Å²) >= 11 is 13.4. The zero-order valence-corrected chi connectivity index (χ0v) is 38.7. The highest BCUT2D eigenvalue weighted by molar-refractivity contribution is 7.48. The lowest BCUT2D eigenvalue weighted by Crippen LogP contribution is -2.39. The molecule has 4 rings (SSSR count). The van der Waals surface area contributed by atoms with Crippen LogP contribution < -0.4 is 9.47 Å². The van der Waals surface area contributed by atoms with E-state index in [0.717, 1.165) is 38.5 Å². The van der Waals surface area contributed by atoms with Crippen LogP contribution >= 0.6 is 31.0 Å². The van der Waals surface area contributed by atoms with Crippen molar-refractivity contribution in [1.29, 1.82) is 0 Å². The maximum atomic E-state index is 13.8. The molecule has 2 aliphatic heterocycles. The van der Waals surface area contributed by atoms with Crippen LogP contribution in [0, 0.1) is 0 Å². The number of carbonyl (C=O) groups excluding carboxylic acids is 3. The van der Waals surface area contributed by atoms with E-state index in [1.165, 1.54) is 58.8 Å². The van der Waals surface area contributed by atoms with Gasteiger partial charge in [0.05, 0.1) is 23.3 Å². The normalized spacial score (nSPS) is 16.8. The summed E-state index contributed by atoms with van der Waals surface area (Å²) < 4.78 is 53.6. The van der Waals surface area contributed by atoms with Crippen LogP contribution in [0.4, 0.5) is 0 Å². The van der Waals surface area contributed by atoms with Crippen molar-refractivity contribution < 1.29 is 51.5 Å². The standard InChI is InChI=1S/C46H63Cl2O11P/c1-8-9-10-11-12-13-14-15-16-17-18-19-20-21-22-23-26-53-60(52,59-33(3)32(2)49)54-27-24-25-36(34-28-37-41(39(47)30-34)55-45(4,5)57-43(37)50)35-29-38-42(40(48)31-35)56-46(6,7)58-44(38)51/h15-16,25,28-31,33H,8-14,17-24,26-27H2,1-7H3/b16-15-. The second kappa shape index (κ2) is 23.3. The monoisotopic (exact) mass is 892 g/mol. The highest BCUT2D eigenvalue weighted by atomic mass is 35.5. The first-order chi connectivity index (χ1) is 28.4. The summed E-state index contributed by atoms with van der Waals surface area (Å²) in [5.74, 6) is -3.71. The van der Waals surface area contributed by atoms with E-state index in [9.17, 15) is 18.9 Å². The van der Waals surface area contributed by atoms with E-state index in [1.807, 2.05) is 0 Å². The minimum atomic E-state index is -4.17. The zero-order chi connectivity index (χ0) is 43.9. The Morgan fingerprint density at radius 3 is 1.62 bits per heavy atom. The van der Waals surface area contributed by atoms with Crippen LogP contribution in [0.2, 0.25) is 10.0 Å². The second-order valence-corrected chi connectivity index (χ2v) is 18.7. The Bertz CT molecular complexity index is 1820. The van der Waals surface area contributed by atoms with Crippen LogP contribution in [0.25, 0.3) is 5.57 Å². The molecule has 60 heavy (non-hydrogen) atoms. The van der Waals surface area contributed by atoms with Crippen LogP contribution in [0.1, 0.15) is 177 Å². The molecule has 0 saturated heterocycles. The van der Waals surface area contributed by atoms with Crippen molar-refractivity contribution in [2.24, 2.45) is 0 Å². The van der Waals surface area contributed by atoms with E-state index < -0.39 is 37.4 Å². The lowest BCUT2D eigenvalue weighted by Gasteiger charge is -2.33. The molecule has 2 atom stereocenters. The van der Waals surface area contributed by atoms with Crippen molar-refractivity contribution >= 4 is 54.3 Å². The predicted molar refractivity (Wildman–Crippen MR) is 235 cm³/mol. The summed E-state index contributed by atoms with van der Waals surface area (Å²) in [6, 6.07) is 6.37. The summed E-state index contributed by atoms with van der Waals surface area (Å²) in [4.78, 5) is 38.3. The van der Waals surface area contributed by atoms with Gasteiger partial charge in [0.15, 0.2) is 17.3 Å². The van der Waals surface area contributed by atoms with Crippen LogP contribution in [-0.2, 0) is 32.4 Å². The van der Waals surface area contributed by atoms with Gasteiger partial charge in [-0.2, -0.15) is 0 Å². The van der Waals surface area contributed by atoms with E-state index in [-0.39, 0.29) is 58.1 Å². The molecule has 332 valence electrons. The molecule has 0 radical (unpaired) electrons. The topological polar surface area (TPSA) is 133 Å². The Morgan fingerprint density at radius 1 is 0.683 bits per heavy atom. The quantitative estimate of drug-likeness (QED) is 0.0387. The fraction of sp³-hybridized carbons (Fsp3) is 0.587. The van der Waals surface area contributed by atoms with Gasteiger partial charge in [0, 0.05) is 27.7 Å². The Kier molecular flexibility index (Phi) is 19.2. The number of hydrogen-bond acceptors (Lipinski definition) is 11. The van der Waals surface area contributed by atoms with Crippen LogP contribution in [0.5, 0.6) is 11.5 Å². The molecule has 0 fully saturated rings. The first-order valence-electron chi connectivity index (χ1n) is 21.4. The molecule has 0 amide bonds. The fourth-order valence-corrected chi connectivity index (χ4v) is 8.69. The second-order valence-electron chi connectivity index (χ2n) is 16.3. The van der Waals surface area contributed by atoms with Crippen molar-refractivity contribution in [3.05, 3.63) is 74.8 Å². The number of carbonyl (C=O) groups is 3. The Hall–Kier alpha value is -3.18. The molecule has 2 heterocycles. The average Bonchev–Trinajstić information content (AvgIpc) is 3.16. The van der Waals surface area contributed by atoms with E-state index in [2.05, 4.69) is 19.1 Å². The number of fused-ring (bicyclic) bond motifs is 2. The van der Waals surface area contributed by atoms with Crippen LogP contribution in [0.15, 0.2) is 42.5 Å². The van der Waals surface area contributed by atoms with E-state index in [4.69, 9.17) is 55.7 Å². The Balaban J connectivity index is 1.40. The molecule has 2 unspecified atom stereocenters. The van der Waals surface area contributed by atoms with Crippen LogP contribution in [-0.4, -0.2) is 48.6 Å². The highest BCUT2D eigenvalue weighted by Gasteiger charge is 2.38. The number of esters is 2. The van der Waals surface area contributed by atoms with Gasteiger partial charge in [-0.3, -0.25) is 18.4 Å². The van der Waals surface area contributed by atoms with Gasteiger partial charge in [-0.25, -0.2) is 14.2 Å². The molecule has 2 aromatic rings. The number of ketones is 1. The van der Waals surface area contributed by atoms with Gasteiger partial charge >= 0.3 is 19.8 Å². The maximum Gasteiger partial charge on any atom is 0.475 e. The Labute approximate surface area is 366 Å². The number of phosphoric ester groups is 1. The van der Waals surface area contributed by atoms with E-state index in [0.29, 0.717) is 23.1 Å². The van der Waals surface area contributed by atoms with Crippen molar-refractivity contribution in [3.8, 4) is 11.5 Å². The summed E-state index contributed by atoms with van der Waals surface area (Å²) in [5.41, 5.74) is 1.61. The van der Waals surface area contributed by atoms with Gasteiger partial charge in [0.25, 0.3) is 0 Å². The lowest BCUT2D eigenvalue weighted by molar-refractivity contribution is -0.128. The number of allylic oxidation sites excluding steroid dienone is 2. The highest BCUT2D eigenvalue weighted by Crippen LogP contribution is 2.51. The van der Waals surface area contributed by atoms with Crippen molar-refractivity contribution in [2.75, 3.05) is 13.2 Å². The molecule has 0 bridgehead atoms. The van der Waals surface area contributed by atoms with Gasteiger partial charge < -0.3 is 18.9 Å². The molecule has 0 aromatic heterocycles. The molecule has 11 nitrogen and oxygen atoms in total. The number of benzene rings is 2. The zero-order valence-electron chi connectivity index (χ0n) is 36.3. The van der Waals surface area contributed by atoms with Crippen molar-refractivity contribution in [2.45, 2.75) is 162 Å². The molecule has 2 aromatic carbocycles. The van der Waals surface area contributed by atoms with Gasteiger partial charge in [-0.15, -0.1) is 0 Å². The van der Waals surface area contributed by atoms with E-state index in [1.54, 1.807) is 58.0 Å².